The van der Waals surface area contributed by atoms with Crippen molar-refractivity contribution in [1.82, 2.24) is 19.6 Å². The molecule has 5 nitrogen and oxygen atoms in total. The lowest BCUT2D eigenvalue weighted by Gasteiger charge is -2.02. The quantitative estimate of drug-likeness (QED) is 0.810. The van der Waals surface area contributed by atoms with Crippen molar-refractivity contribution in [3.05, 3.63) is 34.4 Å². The fourth-order valence-electron chi connectivity index (χ4n) is 1.54. The average Bonchev–Trinajstić information content (AvgIpc) is 2.82. The van der Waals surface area contributed by atoms with E-state index in [1.54, 1.807) is 6.92 Å². The van der Waals surface area contributed by atoms with E-state index >= 15 is 0 Å². The molecule has 0 unspecified atom stereocenters. The van der Waals surface area contributed by atoms with Crippen molar-refractivity contribution in [3.63, 3.8) is 0 Å². The molecule has 0 saturated heterocycles. The maximum Gasteiger partial charge on any atom is 0.436 e. The van der Waals surface area contributed by atoms with Gasteiger partial charge in [0.15, 0.2) is 5.69 Å². The van der Waals surface area contributed by atoms with Crippen LogP contribution in [0, 0.1) is 6.92 Å². The molecule has 19 heavy (non-hydrogen) atoms. The van der Waals surface area contributed by atoms with E-state index in [1.165, 1.54) is 19.4 Å². The van der Waals surface area contributed by atoms with E-state index in [9.17, 15) is 18.0 Å². The lowest BCUT2D eigenvalue weighted by Crippen LogP contribution is -2.16. The van der Waals surface area contributed by atoms with Crippen LogP contribution in [0.5, 0.6) is 0 Å². The predicted molar refractivity (Wildman–Crippen MR) is 59.9 cm³/mol. The lowest BCUT2D eigenvalue weighted by atomic mass is 10.3. The molecule has 0 N–H and O–H groups in total. The maximum absolute atomic E-state index is 12.6. The smallest absolute Gasteiger partial charge is 0.265 e. The van der Waals surface area contributed by atoms with Gasteiger partial charge in [0.05, 0.1) is 6.20 Å². The van der Waals surface area contributed by atoms with Crippen LogP contribution in [0.4, 0.5) is 13.2 Å². The minimum Gasteiger partial charge on any atom is -0.265 e. The third kappa shape index (κ3) is 2.35. The van der Waals surface area contributed by atoms with E-state index in [0.29, 0.717) is 5.56 Å². The van der Waals surface area contributed by atoms with Crippen molar-refractivity contribution in [2.75, 3.05) is 0 Å². The summed E-state index contributed by atoms with van der Waals surface area (Å²) in [6.45, 7) is 1.70. The van der Waals surface area contributed by atoms with Crippen LogP contribution in [0.15, 0.2) is 12.4 Å². The first-order valence-electron chi connectivity index (χ1n) is 5.07. The largest absolute Gasteiger partial charge is 0.436 e. The van der Waals surface area contributed by atoms with Crippen LogP contribution in [0.1, 0.15) is 21.7 Å². The zero-order valence-electron chi connectivity index (χ0n) is 9.86. The summed E-state index contributed by atoms with van der Waals surface area (Å²) in [6, 6.07) is 0. The second-order valence-electron chi connectivity index (χ2n) is 3.90. The van der Waals surface area contributed by atoms with Crippen LogP contribution in [0.3, 0.4) is 0 Å². The van der Waals surface area contributed by atoms with Crippen molar-refractivity contribution in [2.45, 2.75) is 13.1 Å². The van der Waals surface area contributed by atoms with Gasteiger partial charge in [-0.1, -0.05) is 11.6 Å². The highest BCUT2D eigenvalue weighted by atomic mass is 35.5. The van der Waals surface area contributed by atoms with Gasteiger partial charge in [-0.25, -0.2) is 4.68 Å². The summed E-state index contributed by atoms with van der Waals surface area (Å²) in [6.07, 6.45) is -1.92. The van der Waals surface area contributed by atoms with E-state index < -0.39 is 22.8 Å². The zero-order valence-corrected chi connectivity index (χ0v) is 10.6. The number of carbonyl (C=O) groups is 1. The number of halogens is 4. The molecule has 0 aliphatic rings. The van der Waals surface area contributed by atoms with Crippen LogP contribution >= 0.6 is 11.6 Å². The number of rotatable bonds is 1. The average molecular weight is 293 g/mol. The molecule has 0 saturated carbocycles. The summed E-state index contributed by atoms with van der Waals surface area (Å²) in [5, 5.41) is 6.24. The fraction of sp³-hybridized carbons (Fsp3) is 0.300. The normalized spacial score (nSPS) is 11.9. The van der Waals surface area contributed by atoms with E-state index in [0.717, 1.165) is 9.36 Å². The van der Waals surface area contributed by atoms with Gasteiger partial charge in [0.25, 0.3) is 5.91 Å². The Morgan fingerprint density at radius 1 is 1.42 bits per heavy atom. The highest BCUT2D eigenvalue weighted by Crippen LogP contribution is 2.35. The number of carbonyl (C=O) groups excluding carboxylic acids is 1. The van der Waals surface area contributed by atoms with Gasteiger partial charge < -0.3 is 0 Å². The molecule has 9 heteroatoms. The Hall–Kier alpha value is -1.83. The van der Waals surface area contributed by atoms with E-state index in [1.807, 2.05) is 0 Å². The molecule has 0 spiro atoms. The molecule has 0 radical (unpaired) electrons. The molecule has 102 valence electrons. The highest BCUT2D eigenvalue weighted by Gasteiger charge is 2.40. The van der Waals surface area contributed by atoms with Gasteiger partial charge in [-0.05, 0) is 12.5 Å². The van der Waals surface area contributed by atoms with E-state index in [-0.39, 0.29) is 5.69 Å². The Morgan fingerprint density at radius 2 is 2.05 bits per heavy atom. The fourth-order valence-corrected chi connectivity index (χ4v) is 1.89. The molecular formula is C10H8ClF3N4O. The SMILES string of the molecule is Cc1cnn(C(=O)c2c(Cl)c(C(F)(F)F)nn2C)c1. The third-order valence-electron chi connectivity index (χ3n) is 2.38. The molecule has 2 heterocycles. The second kappa shape index (κ2) is 4.37. The Kier molecular flexibility index (Phi) is 3.13. The summed E-state index contributed by atoms with van der Waals surface area (Å²) in [5.74, 6) is -0.774. The van der Waals surface area contributed by atoms with Gasteiger partial charge in [-0.3, -0.25) is 9.48 Å². The number of hydrogen-bond acceptors (Lipinski definition) is 3. The number of aromatic nitrogens is 4. The van der Waals surface area contributed by atoms with E-state index in [4.69, 9.17) is 11.6 Å². The van der Waals surface area contributed by atoms with Crippen LogP contribution in [0.2, 0.25) is 5.02 Å². The lowest BCUT2D eigenvalue weighted by molar-refractivity contribution is -0.141. The van der Waals surface area contributed by atoms with Gasteiger partial charge >= 0.3 is 6.18 Å². The Bertz CT molecular complexity index is 644. The van der Waals surface area contributed by atoms with Crippen LogP contribution < -0.4 is 0 Å². The predicted octanol–water partition coefficient (Wildman–Crippen LogP) is 2.29. The summed E-state index contributed by atoms with van der Waals surface area (Å²) in [5.41, 5.74) is -0.955. The molecule has 0 aromatic carbocycles. The molecule has 0 aliphatic heterocycles. The van der Waals surface area contributed by atoms with Crippen molar-refractivity contribution in [3.8, 4) is 0 Å². The van der Waals surface area contributed by atoms with Gasteiger partial charge in [0.1, 0.15) is 10.7 Å². The maximum atomic E-state index is 12.6. The Morgan fingerprint density at radius 3 is 2.47 bits per heavy atom. The molecule has 0 fully saturated rings. The van der Waals surface area contributed by atoms with Gasteiger partial charge in [-0.2, -0.15) is 23.4 Å². The second-order valence-corrected chi connectivity index (χ2v) is 4.28. The third-order valence-corrected chi connectivity index (χ3v) is 2.74. The van der Waals surface area contributed by atoms with Crippen LogP contribution in [-0.2, 0) is 13.2 Å². The van der Waals surface area contributed by atoms with Crippen molar-refractivity contribution in [2.24, 2.45) is 7.05 Å². The molecule has 2 rings (SSSR count). The first kappa shape index (κ1) is 13.6. The molecule has 0 bridgehead atoms. The summed E-state index contributed by atoms with van der Waals surface area (Å²) >= 11 is 5.60. The summed E-state index contributed by atoms with van der Waals surface area (Å²) in [4.78, 5) is 12.0. The molecular weight excluding hydrogens is 285 g/mol. The summed E-state index contributed by atoms with van der Waals surface area (Å²) in [7, 11) is 1.21. The minimum absolute atomic E-state index is 0.364. The van der Waals surface area contributed by atoms with Crippen LogP contribution in [0.25, 0.3) is 0 Å². The monoisotopic (exact) mass is 292 g/mol. The number of aryl methyl sites for hydroxylation is 2. The van der Waals surface area contributed by atoms with Gasteiger partial charge in [0, 0.05) is 13.2 Å². The van der Waals surface area contributed by atoms with Crippen molar-refractivity contribution in [1.29, 1.82) is 0 Å². The first-order valence-corrected chi connectivity index (χ1v) is 5.45. The van der Waals surface area contributed by atoms with Gasteiger partial charge in [0.2, 0.25) is 0 Å². The summed E-state index contributed by atoms with van der Waals surface area (Å²) < 4.78 is 39.6. The number of alkyl halides is 3. The van der Waals surface area contributed by atoms with Crippen LogP contribution in [-0.4, -0.2) is 25.5 Å². The van der Waals surface area contributed by atoms with Crippen molar-refractivity contribution < 1.29 is 18.0 Å². The van der Waals surface area contributed by atoms with E-state index in [2.05, 4.69) is 10.2 Å². The molecule has 0 aliphatic carbocycles. The zero-order chi connectivity index (χ0) is 14.4. The van der Waals surface area contributed by atoms with Crippen molar-refractivity contribution >= 4 is 17.5 Å². The number of hydrogen-bond donors (Lipinski definition) is 0. The first-order chi connectivity index (χ1) is 8.71. The standard InChI is InChI=1S/C10H8ClF3N4O/c1-5-3-15-18(4-5)9(19)7-6(11)8(10(12,13)14)16-17(7)2/h3-4H,1-2H3. The molecule has 2 aromatic rings. The Balaban J connectivity index is 2.52. The highest BCUT2D eigenvalue weighted by molar-refractivity contribution is 6.34. The minimum atomic E-state index is -4.71. The number of nitrogens with zero attached hydrogens (tertiary/aromatic N) is 4. The molecule has 2 aromatic heterocycles. The van der Waals surface area contributed by atoms with Gasteiger partial charge in [-0.15, -0.1) is 0 Å². The topological polar surface area (TPSA) is 52.7 Å². The Labute approximate surface area is 110 Å². The molecule has 0 amide bonds. The molecule has 0 atom stereocenters.